The molecule has 0 radical (unpaired) electrons. The fraction of sp³-hybridized carbons (Fsp3) is 0.250. The molecule has 1 nitrogen and oxygen atoms in total. The van der Waals surface area contributed by atoms with Gasteiger partial charge in [0, 0.05) is 0 Å². The van der Waals surface area contributed by atoms with Gasteiger partial charge in [-0.3, -0.25) is 0 Å². The molecule has 0 atom stereocenters. The van der Waals surface area contributed by atoms with Crippen LogP contribution in [0.3, 0.4) is 0 Å². The summed E-state index contributed by atoms with van der Waals surface area (Å²) in [5, 5.41) is 1.96. The second-order valence-electron chi connectivity index (χ2n) is 2.59. The summed E-state index contributed by atoms with van der Waals surface area (Å²) >= 11 is 6.55. The van der Waals surface area contributed by atoms with Gasteiger partial charge in [0.05, 0.1) is 9.98 Å². The van der Waals surface area contributed by atoms with E-state index in [0.29, 0.717) is 0 Å². The van der Waals surface area contributed by atoms with Crippen LogP contribution in [0, 0.1) is 0 Å². The third kappa shape index (κ3) is 8.95. The van der Waals surface area contributed by atoms with Gasteiger partial charge in [0.25, 0.3) is 0 Å². The zero-order chi connectivity index (χ0) is 12.2. The highest BCUT2D eigenvalue weighted by molar-refractivity contribution is 9.11. The molecule has 0 spiro atoms. The third-order valence-corrected chi connectivity index (χ3v) is 3.72. The Bertz CT molecular complexity index is 343. The van der Waals surface area contributed by atoms with Gasteiger partial charge in [-0.1, -0.05) is 49.6 Å². The first-order valence-corrected chi connectivity index (χ1v) is 7.40. The molecule has 16 heavy (non-hydrogen) atoms. The Morgan fingerprint density at radius 3 is 2.75 bits per heavy atom. The predicted molar refractivity (Wildman–Crippen MR) is 80.1 cm³/mol. The molecule has 0 aliphatic carbocycles. The lowest BCUT2D eigenvalue weighted by atomic mass is 10.4. The second-order valence-corrected chi connectivity index (χ2v) is 6.15. The maximum absolute atomic E-state index is 4.14. The third-order valence-electron chi connectivity index (χ3n) is 1.31. The van der Waals surface area contributed by atoms with Gasteiger partial charge in [0.15, 0.2) is 4.34 Å². The van der Waals surface area contributed by atoms with E-state index in [1.807, 2.05) is 18.4 Å². The number of hydrogen-bond acceptors (Lipinski definition) is 3. The number of thioether (sulfide) groups is 1. The van der Waals surface area contributed by atoms with Crippen LogP contribution in [-0.2, 0) is 0 Å². The van der Waals surface area contributed by atoms with E-state index in [1.54, 1.807) is 35.4 Å². The van der Waals surface area contributed by atoms with Crippen molar-refractivity contribution in [1.82, 2.24) is 4.98 Å². The molecule has 0 aliphatic heterocycles. The average Bonchev–Trinajstić information content (AvgIpc) is 2.67. The smallest absolute Gasteiger partial charge is 0.155 e. The van der Waals surface area contributed by atoms with E-state index >= 15 is 0 Å². The van der Waals surface area contributed by atoms with Crippen molar-refractivity contribution < 1.29 is 0 Å². The van der Waals surface area contributed by atoms with E-state index in [9.17, 15) is 0 Å². The first-order valence-electron chi connectivity index (χ1n) is 4.91. The van der Waals surface area contributed by atoms with E-state index in [0.717, 1.165) is 14.5 Å². The first kappa shape index (κ1) is 15.7. The Labute approximate surface area is 115 Å². The van der Waals surface area contributed by atoms with Crippen LogP contribution >= 0.6 is 39.0 Å². The fourth-order valence-corrected chi connectivity index (χ4v) is 2.99. The van der Waals surface area contributed by atoms with Crippen molar-refractivity contribution >= 4 is 39.0 Å². The van der Waals surface area contributed by atoms with Crippen molar-refractivity contribution in [2.24, 2.45) is 0 Å². The van der Waals surface area contributed by atoms with E-state index in [1.165, 1.54) is 0 Å². The van der Waals surface area contributed by atoms with Crippen molar-refractivity contribution in [3.8, 4) is 0 Å². The lowest BCUT2D eigenvalue weighted by Crippen LogP contribution is -1.58. The number of halogens is 1. The van der Waals surface area contributed by atoms with E-state index in [4.69, 9.17) is 0 Å². The van der Waals surface area contributed by atoms with Crippen LogP contribution in [0.2, 0.25) is 0 Å². The Kier molecular flexibility index (Phi) is 11.0. The van der Waals surface area contributed by atoms with Crippen LogP contribution in [0.25, 0.3) is 0 Å². The number of allylic oxidation sites excluding steroid dienone is 4. The van der Waals surface area contributed by atoms with Crippen molar-refractivity contribution in [2.75, 3.05) is 0 Å². The Morgan fingerprint density at radius 1 is 1.62 bits per heavy atom. The number of thiazole rings is 1. The summed E-state index contributed by atoms with van der Waals surface area (Å²) in [7, 11) is 0. The minimum absolute atomic E-state index is 1.04. The minimum atomic E-state index is 1.04. The summed E-state index contributed by atoms with van der Waals surface area (Å²) in [4.78, 5) is 4.14. The molecule has 1 aromatic rings. The molecule has 0 N–H and O–H groups in total. The topological polar surface area (TPSA) is 12.9 Å². The molecule has 1 aromatic heterocycles. The summed E-state index contributed by atoms with van der Waals surface area (Å²) in [6.45, 7) is 7.73. The monoisotopic (exact) mass is 317 g/mol. The Balaban J connectivity index is 0.000000385. The highest BCUT2D eigenvalue weighted by Crippen LogP contribution is 2.27. The predicted octanol–water partition coefficient (Wildman–Crippen LogP) is 5.67. The average molecular weight is 318 g/mol. The molecule has 0 amide bonds. The molecule has 0 saturated heterocycles. The van der Waals surface area contributed by atoms with E-state index in [-0.39, 0.29) is 0 Å². The quantitative estimate of drug-likeness (QED) is 0.403. The maximum Gasteiger partial charge on any atom is 0.155 e. The van der Waals surface area contributed by atoms with E-state index in [2.05, 4.69) is 46.6 Å². The normalized spacial score (nSPS) is 10.4. The molecular weight excluding hydrogens is 302 g/mol. The maximum atomic E-state index is 4.14. The summed E-state index contributed by atoms with van der Waals surface area (Å²) in [5.74, 6) is 0. The van der Waals surface area contributed by atoms with Crippen molar-refractivity contribution in [2.45, 2.75) is 24.6 Å². The van der Waals surface area contributed by atoms with Gasteiger partial charge in [0.1, 0.15) is 0 Å². The second kappa shape index (κ2) is 11.2. The van der Waals surface area contributed by atoms with Gasteiger partial charge in [0.2, 0.25) is 0 Å². The zero-order valence-corrected chi connectivity index (χ0v) is 12.7. The molecule has 88 valence electrons. The van der Waals surface area contributed by atoms with Crippen molar-refractivity contribution in [3.05, 3.63) is 46.3 Å². The number of hydrogen-bond donors (Lipinski definition) is 0. The molecule has 0 aromatic carbocycles. The largest absolute Gasteiger partial charge is 0.237 e. The summed E-state index contributed by atoms with van der Waals surface area (Å²) in [6, 6.07) is 0. The first-order chi connectivity index (χ1) is 7.74. The van der Waals surface area contributed by atoms with Gasteiger partial charge in [-0.05, 0) is 34.7 Å². The summed E-state index contributed by atoms with van der Waals surface area (Å²) in [6.07, 6.45) is 10.8. The van der Waals surface area contributed by atoms with Crippen LogP contribution in [-0.4, -0.2) is 4.98 Å². The van der Waals surface area contributed by atoms with Gasteiger partial charge in [-0.25, -0.2) is 4.98 Å². The van der Waals surface area contributed by atoms with Crippen LogP contribution in [0.5, 0.6) is 0 Å². The molecule has 0 bridgehead atoms. The summed E-state index contributed by atoms with van der Waals surface area (Å²) in [5.41, 5.74) is 0. The molecule has 1 rings (SSSR count). The van der Waals surface area contributed by atoms with Crippen LogP contribution in [0.4, 0.5) is 0 Å². The molecule has 0 unspecified atom stereocenters. The van der Waals surface area contributed by atoms with Crippen molar-refractivity contribution in [1.29, 1.82) is 0 Å². The number of aromatic nitrogens is 1. The molecule has 0 fully saturated rings. The fourth-order valence-electron chi connectivity index (χ4n) is 0.683. The minimum Gasteiger partial charge on any atom is -0.237 e. The van der Waals surface area contributed by atoms with Gasteiger partial charge >= 0.3 is 0 Å². The van der Waals surface area contributed by atoms with E-state index < -0.39 is 0 Å². The van der Waals surface area contributed by atoms with Crippen LogP contribution in [0.15, 0.2) is 50.6 Å². The summed E-state index contributed by atoms with van der Waals surface area (Å²) < 4.78 is 2.10. The van der Waals surface area contributed by atoms with Gasteiger partial charge in [-0.2, -0.15) is 0 Å². The van der Waals surface area contributed by atoms with Gasteiger partial charge in [-0.15, -0.1) is 11.3 Å². The number of nitrogens with zero attached hydrogens (tertiary/aromatic N) is 1. The lowest BCUT2D eigenvalue weighted by molar-refractivity contribution is 1.22. The standard InChI is InChI=1S/C7H6BrNS2.C5H10/c1-2-3-4-10-7-9-5-6(8)11-7;1-3-5-4-2/h2-5H,1H2;3,5H,4H2,1-2H3/b4-3+;5-3-. The molecule has 4 heteroatoms. The Hall–Kier alpha value is -0.320. The molecule has 0 aliphatic rings. The molecular formula is C12H16BrNS2. The lowest BCUT2D eigenvalue weighted by Gasteiger charge is -1.82. The van der Waals surface area contributed by atoms with Gasteiger partial charge < -0.3 is 0 Å². The SMILES string of the molecule is C/C=C\CC.C=C/C=C/Sc1ncc(Br)s1. The zero-order valence-electron chi connectivity index (χ0n) is 9.52. The molecule has 1 heterocycles. The highest BCUT2D eigenvalue weighted by atomic mass is 79.9. The van der Waals surface area contributed by atoms with Crippen LogP contribution in [0.1, 0.15) is 20.3 Å². The van der Waals surface area contributed by atoms with Crippen molar-refractivity contribution in [3.63, 3.8) is 0 Å². The molecule has 0 saturated carbocycles. The highest BCUT2D eigenvalue weighted by Gasteiger charge is 1.95. The Morgan fingerprint density at radius 2 is 2.38 bits per heavy atom. The van der Waals surface area contributed by atoms with Crippen LogP contribution < -0.4 is 0 Å². The number of rotatable bonds is 4.